The van der Waals surface area contributed by atoms with E-state index in [0.29, 0.717) is 13.2 Å². The Labute approximate surface area is 90.0 Å². The van der Waals surface area contributed by atoms with Crippen molar-refractivity contribution >= 4 is 11.6 Å². The molecule has 3 heteroatoms. The average molecular weight is 214 g/mol. The van der Waals surface area contributed by atoms with Crippen LogP contribution in [0, 0.1) is 0 Å². The van der Waals surface area contributed by atoms with Crippen molar-refractivity contribution < 1.29 is 4.74 Å². The van der Waals surface area contributed by atoms with Crippen molar-refractivity contribution in [3.05, 3.63) is 34.3 Å². The van der Waals surface area contributed by atoms with Gasteiger partial charge in [-0.3, -0.25) is 0 Å². The van der Waals surface area contributed by atoms with Crippen LogP contribution >= 0.6 is 11.6 Å². The molecule has 0 spiro atoms. The molecule has 0 atom stereocenters. The van der Waals surface area contributed by atoms with Crippen LogP contribution in [0.3, 0.4) is 0 Å². The molecule has 0 fully saturated rings. The van der Waals surface area contributed by atoms with Crippen LogP contribution in [0.4, 0.5) is 0 Å². The van der Waals surface area contributed by atoms with Crippen molar-refractivity contribution in [1.29, 1.82) is 0 Å². The molecule has 0 saturated carbocycles. The Hall–Kier alpha value is -0.570. The fourth-order valence-electron chi connectivity index (χ4n) is 1.16. The van der Waals surface area contributed by atoms with Gasteiger partial charge in [-0.15, -0.1) is 0 Å². The first-order valence-corrected chi connectivity index (χ1v) is 5.20. The SMILES string of the molecule is CCCOCc1ccc(CN)cc1Cl. The van der Waals surface area contributed by atoms with Gasteiger partial charge in [0.05, 0.1) is 6.61 Å². The van der Waals surface area contributed by atoms with E-state index in [0.717, 1.165) is 29.2 Å². The summed E-state index contributed by atoms with van der Waals surface area (Å²) in [6.07, 6.45) is 1.03. The summed E-state index contributed by atoms with van der Waals surface area (Å²) in [7, 11) is 0. The Bertz CT molecular complexity index is 289. The number of nitrogens with two attached hydrogens (primary N) is 1. The molecule has 0 heterocycles. The van der Waals surface area contributed by atoms with Crippen LogP contribution in [-0.2, 0) is 17.9 Å². The third-order valence-electron chi connectivity index (χ3n) is 1.96. The second-order valence-corrected chi connectivity index (χ2v) is 3.59. The topological polar surface area (TPSA) is 35.2 Å². The molecule has 78 valence electrons. The second-order valence-electron chi connectivity index (χ2n) is 3.18. The van der Waals surface area contributed by atoms with E-state index in [9.17, 15) is 0 Å². The van der Waals surface area contributed by atoms with Gasteiger partial charge in [0.25, 0.3) is 0 Å². The lowest BCUT2D eigenvalue weighted by Gasteiger charge is -2.06. The minimum atomic E-state index is 0.524. The Morgan fingerprint density at radius 2 is 2.21 bits per heavy atom. The summed E-state index contributed by atoms with van der Waals surface area (Å²) in [5.41, 5.74) is 7.58. The highest BCUT2D eigenvalue weighted by Gasteiger charge is 2.00. The van der Waals surface area contributed by atoms with Crippen LogP contribution in [0.15, 0.2) is 18.2 Å². The van der Waals surface area contributed by atoms with E-state index in [1.807, 2.05) is 18.2 Å². The molecule has 0 bridgehead atoms. The smallest absolute Gasteiger partial charge is 0.0731 e. The lowest BCUT2D eigenvalue weighted by atomic mass is 10.1. The fraction of sp³-hybridized carbons (Fsp3) is 0.455. The average Bonchev–Trinajstić information content (AvgIpc) is 2.20. The number of hydrogen-bond donors (Lipinski definition) is 1. The molecule has 1 rings (SSSR count). The van der Waals surface area contributed by atoms with E-state index in [1.165, 1.54) is 0 Å². The Balaban J connectivity index is 2.59. The summed E-state index contributed by atoms with van der Waals surface area (Å²) in [5, 5.41) is 0.740. The lowest BCUT2D eigenvalue weighted by molar-refractivity contribution is 0.121. The molecule has 2 N–H and O–H groups in total. The Kier molecular flexibility index (Phi) is 4.94. The summed E-state index contributed by atoms with van der Waals surface area (Å²) >= 11 is 6.05. The van der Waals surface area contributed by atoms with E-state index in [4.69, 9.17) is 22.1 Å². The zero-order chi connectivity index (χ0) is 10.4. The van der Waals surface area contributed by atoms with Gasteiger partial charge in [0.15, 0.2) is 0 Å². The van der Waals surface area contributed by atoms with E-state index in [-0.39, 0.29) is 0 Å². The van der Waals surface area contributed by atoms with Crippen molar-refractivity contribution in [1.82, 2.24) is 0 Å². The molecule has 14 heavy (non-hydrogen) atoms. The molecule has 1 aromatic carbocycles. The monoisotopic (exact) mass is 213 g/mol. The number of hydrogen-bond acceptors (Lipinski definition) is 2. The van der Waals surface area contributed by atoms with E-state index < -0.39 is 0 Å². The first kappa shape index (κ1) is 11.5. The van der Waals surface area contributed by atoms with Crippen molar-refractivity contribution in [2.75, 3.05) is 6.61 Å². The van der Waals surface area contributed by atoms with Crippen LogP contribution in [0.25, 0.3) is 0 Å². The zero-order valence-corrected chi connectivity index (χ0v) is 9.18. The van der Waals surface area contributed by atoms with Gasteiger partial charge in [-0.1, -0.05) is 30.7 Å². The molecule has 0 saturated heterocycles. The number of ether oxygens (including phenoxy) is 1. The van der Waals surface area contributed by atoms with Gasteiger partial charge in [0.2, 0.25) is 0 Å². The van der Waals surface area contributed by atoms with Crippen LogP contribution < -0.4 is 5.73 Å². The molecule has 0 aliphatic rings. The van der Waals surface area contributed by atoms with E-state index >= 15 is 0 Å². The van der Waals surface area contributed by atoms with Crippen LogP contribution in [-0.4, -0.2) is 6.61 Å². The maximum Gasteiger partial charge on any atom is 0.0731 e. The van der Waals surface area contributed by atoms with Gasteiger partial charge in [0, 0.05) is 18.2 Å². The molecular formula is C11H16ClNO. The molecule has 2 nitrogen and oxygen atoms in total. The molecule has 0 amide bonds. The van der Waals surface area contributed by atoms with Crippen molar-refractivity contribution in [3.63, 3.8) is 0 Å². The van der Waals surface area contributed by atoms with Crippen LogP contribution in [0.2, 0.25) is 5.02 Å². The summed E-state index contributed by atoms with van der Waals surface area (Å²) < 4.78 is 5.41. The highest BCUT2D eigenvalue weighted by atomic mass is 35.5. The Morgan fingerprint density at radius 1 is 1.43 bits per heavy atom. The number of rotatable bonds is 5. The second kappa shape index (κ2) is 6.02. The van der Waals surface area contributed by atoms with Crippen molar-refractivity contribution in [2.45, 2.75) is 26.5 Å². The number of halogens is 1. The molecule has 0 aromatic heterocycles. The standard InChI is InChI=1S/C11H16ClNO/c1-2-5-14-8-10-4-3-9(7-13)6-11(10)12/h3-4,6H,2,5,7-8,13H2,1H3. The predicted octanol–water partition coefficient (Wildman–Crippen LogP) is 2.73. The molecule has 0 radical (unpaired) electrons. The quantitative estimate of drug-likeness (QED) is 0.764. The lowest BCUT2D eigenvalue weighted by Crippen LogP contribution is -1.99. The predicted molar refractivity (Wildman–Crippen MR) is 59.3 cm³/mol. The summed E-state index contributed by atoms with van der Waals surface area (Å²) in [6, 6.07) is 5.85. The highest BCUT2D eigenvalue weighted by Crippen LogP contribution is 2.18. The molecule has 0 aliphatic carbocycles. The molecule has 1 aromatic rings. The van der Waals surface area contributed by atoms with Crippen molar-refractivity contribution in [3.8, 4) is 0 Å². The minimum absolute atomic E-state index is 0.524. The van der Waals surface area contributed by atoms with E-state index in [2.05, 4.69) is 6.92 Å². The normalized spacial score (nSPS) is 10.5. The summed E-state index contributed by atoms with van der Waals surface area (Å²) in [4.78, 5) is 0. The molecular weight excluding hydrogens is 198 g/mol. The third-order valence-corrected chi connectivity index (χ3v) is 2.31. The molecule has 0 aliphatic heterocycles. The van der Waals surface area contributed by atoms with Crippen molar-refractivity contribution in [2.24, 2.45) is 5.73 Å². The maximum absolute atomic E-state index is 6.05. The van der Waals surface area contributed by atoms with Gasteiger partial charge < -0.3 is 10.5 Å². The first-order valence-electron chi connectivity index (χ1n) is 4.83. The van der Waals surface area contributed by atoms with Gasteiger partial charge in [-0.05, 0) is 23.6 Å². The maximum atomic E-state index is 6.05. The van der Waals surface area contributed by atoms with Crippen LogP contribution in [0.1, 0.15) is 24.5 Å². The zero-order valence-electron chi connectivity index (χ0n) is 8.42. The first-order chi connectivity index (χ1) is 6.77. The third kappa shape index (κ3) is 3.29. The summed E-state index contributed by atoms with van der Waals surface area (Å²) in [5.74, 6) is 0. The van der Waals surface area contributed by atoms with Gasteiger partial charge >= 0.3 is 0 Å². The van der Waals surface area contributed by atoms with E-state index in [1.54, 1.807) is 0 Å². The van der Waals surface area contributed by atoms with Gasteiger partial charge in [0.1, 0.15) is 0 Å². The van der Waals surface area contributed by atoms with Crippen LogP contribution in [0.5, 0.6) is 0 Å². The van der Waals surface area contributed by atoms with Gasteiger partial charge in [-0.25, -0.2) is 0 Å². The Morgan fingerprint density at radius 3 is 2.79 bits per heavy atom. The molecule has 0 unspecified atom stereocenters. The summed E-state index contributed by atoms with van der Waals surface area (Å²) in [6.45, 7) is 3.96. The largest absolute Gasteiger partial charge is 0.377 e. The highest BCUT2D eigenvalue weighted by molar-refractivity contribution is 6.31. The fourth-order valence-corrected chi connectivity index (χ4v) is 1.42. The van der Waals surface area contributed by atoms with Gasteiger partial charge in [-0.2, -0.15) is 0 Å². The minimum Gasteiger partial charge on any atom is -0.377 e. The number of benzene rings is 1.